The normalized spacial score (nSPS) is 16.2. The van der Waals surface area contributed by atoms with Crippen molar-refractivity contribution in [1.29, 1.82) is 0 Å². The Morgan fingerprint density at radius 2 is 2.07 bits per heavy atom. The van der Waals surface area contributed by atoms with Crippen LogP contribution in [-0.2, 0) is 0 Å². The van der Waals surface area contributed by atoms with E-state index >= 15 is 0 Å². The van der Waals surface area contributed by atoms with Gasteiger partial charge in [-0.25, -0.2) is 9.97 Å². The van der Waals surface area contributed by atoms with Crippen LogP contribution in [0.25, 0.3) is 0 Å². The molecule has 0 bridgehead atoms. The van der Waals surface area contributed by atoms with E-state index in [4.69, 9.17) is 11.6 Å². The highest BCUT2D eigenvalue weighted by Crippen LogP contribution is 2.27. The van der Waals surface area contributed by atoms with Crippen LogP contribution in [0.4, 0.5) is 5.82 Å². The molecule has 4 heteroatoms. The highest BCUT2D eigenvalue weighted by Gasteiger charge is 2.17. The Balaban J connectivity index is 2.05. The Labute approximate surface area is 95.3 Å². The van der Waals surface area contributed by atoms with Gasteiger partial charge >= 0.3 is 0 Å². The minimum Gasteiger partial charge on any atom is -0.369 e. The largest absolute Gasteiger partial charge is 0.369 e. The summed E-state index contributed by atoms with van der Waals surface area (Å²) in [6.45, 7) is 4.82. The van der Waals surface area contributed by atoms with Crippen molar-refractivity contribution in [1.82, 2.24) is 9.97 Å². The van der Waals surface area contributed by atoms with Gasteiger partial charge in [0.05, 0.1) is 0 Å². The molecule has 0 amide bonds. The molecule has 0 unspecified atom stereocenters. The van der Waals surface area contributed by atoms with Crippen LogP contribution in [0.1, 0.15) is 30.7 Å². The first kappa shape index (κ1) is 10.7. The van der Waals surface area contributed by atoms with Crippen LogP contribution >= 0.6 is 11.6 Å². The molecule has 1 fully saturated rings. The number of nitrogens with zero attached hydrogens (tertiary/aromatic N) is 2. The van der Waals surface area contributed by atoms with E-state index in [0.29, 0.717) is 5.15 Å². The maximum absolute atomic E-state index is 5.99. The molecule has 0 aliphatic heterocycles. The van der Waals surface area contributed by atoms with E-state index in [9.17, 15) is 0 Å². The summed E-state index contributed by atoms with van der Waals surface area (Å²) in [5.41, 5.74) is 0.946. The fraction of sp³-hybridized carbons (Fsp3) is 0.636. The second-order valence-electron chi connectivity index (χ2n) is 4.21. The van der Waals surface area contributed by atoms with Crippen LogP contribution in [0, 0.1) is 19.8 Å². The number of rotatable bonds is 3. The predicted octanol–water partition coefficient (Wildman–Crippen LogP) is 2.96. The van der Waals surface area contributed by atoms with Crippen LogP contribution < -0.4 is 5.32 Å². The molecule has 1 aromatic heterocycles. The Hall–Kier alpha value is -0.830. The number of hydrogen-bond donors (Lipinski definition) is 1. The second-order valence-corrected chi connectivity index (χ2v) is 4.57. The summed E-state index contributed by atoms with van der Waals surface area (Å²) in [6.07, 6.45) is 4.04. The van der Waals surface area contributed by atoms with Crippen molar-refractivity contribution in [3.05, 3.63) is 16.5 Å². The van der Waals surface area contributed by atoms with Crippen molar-refractivity contribution in [2.75, 3.05) is 11.9 Å². The molecular weight excluding hydrogens is 210 g/mol. The summed E-state index contributed by atoms with van der Waals surface area (Å²) >= 11 is 5.99. The van der Waals surface area contributed by atoms with E-state index in [-0.39, 0.29) is 0 Å². The van der Waals surface area contributed by atoms with E-state index in [1.54, 1.807) is 0 Å². The Bertz CT molecular complexity index is 361. The van der Waals surface area contributed by atoms with Gasteiger partial charge in [-0.05, 0) is 32.6 Å². The Kier molecular flexibility index (Phi) is 3.10. The SMILES string of the molecule is Cc1nc(Cl)c(C)c(NCC2CCC2)n1. The third-order valence-electron chi connectivity index (χ3n) is 2.98. The number of aromatic nitrogens is 2. The van der Waals surface area contributed by atoms with Gasteiger partial charge in [0.15, 0.2) is 0 Å². The van der Waals surface area contributed by atoms with Gasteiger partial charge in [-0.2, -0.15) is 0 Å². The predicted molar refractivity (Wildman–Crippen MR) is 62.3 cm³/mol. The molecule has 15 heavy (non-hydrogen) atoms. The lowest BCUT2D eigenvalue weighted by Crippen LogP contribution is -2.22. The third-order valence-corrected chi connectivity index (χ3v) is 3.35. The zero-order valence-corrected chi connectivity index (χ0v) is 9.93. The van der Waals surface area contributed by atoms with Crippen LogP contribution in [0.15, 0.2) is 0 Å². The monoisotopic (exact) mass is 225 g/mol. The van der Waals surface area contributed by atoms with Crippen LogP contribution in [0.3, 0.4) is 0 Å². The lowest BCUT2D eigenvalue weighted by atomic mass is 9.85. The maximum atomic E-state index is 5.99. The van der Waals surface area contributed by atoms with Crippen molar-refractivity contribution in [2.24, 2.45) is 5.92 Å². The number of halogens is 1. The zero-order chi connectivity index (χ0) is 10.8. The Morgan fingerprint density at radius 3 is 2.67 bits per heavy atom. The van der Waals surface area contributed by atoms with Crippen molar-refractivity contribution in [3.63, 3.8) is 0 Å². The smallest absolute Gasteiger partial charge is 0.137 e. The number of aryl methyl sites for hydroxylation is 1. The molecule has 0 atom stereocenters. The molecule has 0 spiro atoms. The molecular formula is C11H16ClN3. The number of nitrogens with one attached hydrogen (secondary N) is 1. The molecule has 1 saturated carbocycles. The molecule has 1 heterocycles. The van der Waals surface area contributed by atoms with Gasteiger partial charge in [-0.3, -0.25) is 0 Å². The molecule has 0 saturated heterocycles. The van der Waals surface area contributed by atoms with Gasteiger partial charge in [0.25, 0.3) is 0 Å². The molecule has 1 aliphatic carbocycles. The summed E-state index contributed by atoms with van der Waals surface area (Å²) < 4.78 is 0. The molecule has 3 nitrogen and oxygen atoms in total. The van der Waals surface area contributed by atoms with Gasteiger partial charge in [0.2, 0.25) is 0 Å². The van der Waals surface area contributed by atoms with Crippen molar-refractivity contribution < 1.29 is 0 Å². The van der Waals surface area contributed by atoms with Gasteiger partial charge in [0.1, 0.15) is 16.8 Å². The molecule has 1 N–H and O–H groups in total. The highest BCUT2D eigenvalue weighted by atomic mass is 35.5. The molecule has 0 radical (unpaired) electrons. The quantitative estimate of drug-likeness (QED) is 0.804. The van der Waals surface area contributed by atoms with Crippen LogP contribution in [0.5, 0.6) is 0 Å². The summed E-state index contributed by atoms with van der Waals surface area (Å²) in [5, 5.41) is 3.92. The van der Waals surface area contributed by atoms with E-state index in [2.05, 4.69) is 15.3 Å². The van der Waals surface area contributed by atoms with E-state index < -0.39 is 0 Å². The lowest BCUT2D eigenvalue weighted by molar-refractivity contribution is 0.333. The van der Waals surface area contributed by atoms with Crippen molar-refractivity contribution >= 4 is 17.4 Å². The van der Waals surface area contributed by atoms with E-state index in [1.165, 1.54) is 19.3 Å². The third kappa shape index (κ3) is 2.40. The molecule has 1 aromatic rings. The van der Waals surface area contributed by atoms with Gasteiger partial charge in [0, 0.05) is 12.1 Å². The zero-order valence-electron chi connectivity index (χ0n) is 9.18. The summed E-state index contributed by atoms with van der Waals surface area (Å²) in [4.78, 5) is 8.47. The first-order chi connectivity index (χ1) is 7.16. The van der Waals surface area contributed by atoms with E-state index in [0.717, 1.165) is 29.7 Å². The standard InChI is InChI=1S/C11H16ClN3/c1-7-10(12)14-8(2)15-11(7)13-6-9-4-3-5-9/h9H,3-6H2,1-2H3,(H,13,14,15). The molecule has 0 aromatic carbocycles. The van der Waals surface area contributed by atoms with Crippen LogP contribution in [0.2, 0.25) is 5.15 Å². The van der Waals surface area contributed by atoms with Crippen molar-refractivity contribution in [3.8, 4) is 0 Å². The number of hydrogen-bond acceptors (Lipinski definition) is 3. The summed E-state index contributed by atoms with van der Waals surface area (Å²) in [6, 6.07) is 0. The maximum Gasteiger partial charge on any atom is 0.137 e. The van der Waals surface area contributed by atoms with Crippen molar-refractivity contribution in [2.45, 2.75) is 33.1 Å². The van der Waals surface area contributed by atoms with Gasteiger partial charge < -0.3 is 5.32 Å². The fourth-order valence-corrected chi connectivity index (χ4v) is 1.92. The molecule has 1 aliphatic rings. The summed E-state index contributed by atoms with van der Waals surface area (Å²) in [7, 11) is 0. The fourth-order valence-electron chi connectivity index (χ4n) is 1.70. The van der Waals surface area contributed by atoms with Gasteiger partial charge in [-0.15, -0.1) is 0 Å². The first-order valence-corrected chi connectivity index (χ1v) is 5.79. The van der Waals surface area contributed by atoms with Gasteiger partial charge in [-0.1, -0.05) is 18.0 Å². The highest BCUT2D eigenvalue weighted by molar-refractivity contribution is 6.30. The first-order valence-electron chi connectivity index (χ1n) is 5.41. The lowest BCUT2D eigenvalue weighted by Gasteiger charge is -2.26. The topological polar surface area (TPSA) is 37.8 Å². The average Bonchev–Trinajstić information content (AvgIpc) is 2.10. The minimum absolute atomic E-state index is 0.554. The second kappa shape index (κ2) is 4.35. The summed E-state index contributed by atoms with van der Waals surface area (Å²) in [5.74, 6) is 2.43. The minimum atomic E-state index is 0.554. The molecule has 2 rings (SSSR count). The average molecular weight is 226 g/mol. The van der Waals surface area contributed by atoms with E-state index in [1.807, 2.05) is 13.8 Å². The van der Waals surface area contributed by atoms with Crippen LogP contribution in [-0.4, -0.2) is 16.5 Å². The molecule has 82 valence electrons. The number of anilines is 1. The Morgan fingerprint density at radius 1 is 1.33 bits per heavy atom.